The van der Waals surface area contributed by atoms with Gasteiger partial charge < -0.3 is 15.0 Å². The second kappa shape index (κ2) is 7.20. The molecule has 0 saturated carbocycles. The van der Waals surface area contributed by atoms with Crippen molar-refractivity contribution in [1.29, 1.82) is 0 Å². The molecule has 2 aliphatic heterocycles. The van der Waals surface area contributed by atoms with Crippen LogP contribution in [0.1, 0.15) is 12.8 Å². The van der Waals surface area contributed by atoms with Gasteiger partial charge in [0.15, 0.2) is 0 Å². The molecule has 0 aromatic rings. The third-order valence-corrected chi connectivity index (χ3v) is 4.05. The molecule has 1 N–H and O–H groups in total. The Balaban J connectivity index is 1.49. The molecule has 0 amide bonds. The number of thioether (sulfide) groups is 1. The normalized spacial score (nSPS) is 26.6. The third kappa shape index (κ3) is 4.36. The van der Waals surface area contributed by atoms with Crippen molar-refractivity contribution in [2.45, 2.75) is 18.9 Å². The van der Waals surface area contributed by atoms with Gasteiger partial charge in [0, 0.05) is 44.2 Å². The number of nitrogens with zero attached hydrogens (tertiary/aromatic N) is 1. The van der Waals surface area contributed by atoms with E-state index in [1.807, 2.05) is 6.26 Å². The number of ether oxygens (including phenoxy) is 1. The molecule has 0 aliphatic carbocycles. The van der Waals surface area contributed by atoms with E-state index in [1.165, 1.54) is 31.1 Å². The smallest absolute Gasteiger partial charge is 0.110 e. The van der Waals surface area contributed by atoms with Crippen LogP contribution in [0.2, 0.25) is 0 Å². The average Bonchev–Trinajstić information content (AvgIpc) is 2.37. The first-order valence-corrected chi connectivity index (χ1v) is 7.42. The second-order valence-corrected chi connectivity index (χ2v) is 5.59. The maximum Gasteiger partial charge on any atom is 0.110 e. The summed E-state index contributed by atoms with van der Waals surface area (Å²) in [5.41, 5.74) is 0. The standard InChI is InChI=1S/C12H22N2OS/c1-2-8-15-12(3-1)11-13-4-5-14-6-9-16-10-7-14/h2,8,12-13H,1,3-7,9-11H2. The first-order valence-electron chi connectivity index (χ1n) is 6.26. The van der Waals surface area contributed by atoms with Crippen LogP contribution in [-0.4, -0.2) is 55.2 Å². The van der Waals surface area contributed by atoms with Gasteiger partial charge in [-0.3, -0.25) is 0 Å². The van der Waals surface area contributed by atoms with Gasteiger partial charge in [-0.2, -0.15) is 11.8 Å². The van der Waals surface area contributed by atoms with E-state index in [0.29, 0.717) is 6.10 Å². The first-order chi connectivity index (χ1) is 7.95. The number of rotatable bonds is 5. The Labute approximate surface area is 103 Å². The molecule has 1 unspecified atom stereocenters. The van der Waals surface area contributed by atoms with E-state index in [-0.39, 0.29) is 0 Å². The van der Waals surface area contributed by atoms with Crippen molar-refractivity contribution < 1.29 is 4.74 Å². The van der Waals surface area contributed by atoms with Crippen LogP contribution in [0.5, 0.6) is 0 Å². The van der Waals surface area contributed by atoms with Crippen molar-refractivity contribution in [3.05, 3.63) is 12.3 Å². The zero-order valence-electron chi connectivity index (χ0n) is 9.86. The lowest BCUT2D eigenvalue weighted by molar-refractivity contribution is 0.121. The molecule has 16 heavy (non-hydrogen) atoms. The SMILES string of the molecule is C1=COC(CNCCN2CCSCC2)CC1. The number of allylic oxidation sites excluding steroid dienone is 1. The molecule has 0 spiro atoms. The lowest BCUT2D eigenvalue weighted by Gasteiger charge is -2.26. The van der Waals surface area contributed by atoms with E-state index in [0.717, 1.165) is 25.9 Å². The minimum absolute atomic E-state index is 0.391. The highest BCUT2D eigenvalue weighted by Crippen LogP contribution is 2.09. The quantitative estimate of drug-likeness (QED) is 0.735. The minimum Gasteiger partial charge on any atom is -0.497 e. The van der Waals surface area contributed by atoms with E-state index >= 15 is 0 Å². The fourth-order valence-corrected chi connectivity index (χ4v) is 3.04. The summed E-state index contributed by atoms with van der Waals surface area (Å²) in [6, 6.07) is 0. The van der Waals surface area contributed by atoms with Gasteiger partial charge in [0.05, 0.1) is 6.26 Å². The lowest BCUT2D eigenvalue weighted by atomic mass is 10.1. The lowest BCUT2D eigenvalue weighted by Crippen LogP contribution is -2.39. The largest absolute Gasteiger partial charge is 0.497 e. The molecule has 92 valence electrons. The van der Waals surface area contributed by atoms with Crippen LogP contribution in [0.15, 0.2) is 12.3 Å². The Hall–Kier alpha value is -0.190. The van der Waals surface area contributed by atoms with E-state index < -0.39 is 0 Å². The summed E-state index contributed by atoms with van der Waals surface area (Å²) in [6.07, 6.45) is 6.65. The molecular weight excluding hydrogens is 220 g/mol. The molecule has 2 aliphatic rings. The van der Waals surface area contributed by atoms with Gasteiger partial charge in [-0.05, 0) is 18.9 Å². The van der Waals surface area contributed by atoms with Gasteiger partial charge in [-0.25, -0.2) is 0 Å². The number of nitrogens with one attached hydrogen (secondary N) is 1. The number of hydrogen-bond acceptors (Lipinski definition) is 4. The fourth-order valence-electron chi connectivity index (χ4n) is 2.06. The number of hydrogen-bond donors (Lipinski definition) is 1. The van der Waals surface area contributed by atoms with E-state index in [2.05, 4.69) is 28.1 Å². The maximum absolute atomic E-state index is 5.51. The van der Waals surface area contributed by atoms with Crippen LogP contribution in [0.4, 0.5) is 0 Å². The molecule has 2 rings (SSSR count). The van der Waals surface area contributed by atoms with Gasteiger partial charge >= 0.3 is 0 Å². The van der Waals surface area contributed by atoms with Crippen molar-refractivity contribution in [1.82, 2.24) is 10.2 Å². The highest BCUT2D eigenvalue weighted by molar-refractivity contribution is 7.99. The summed E-state index contributed by atoms with van der Waals surface area (Å²) in [5.74, 6) is 2.60. The highest BCUT2D eigenvalue weighted by atomic mass is 32.2. The van der Waals surface area contributed by atoms with E-state index in [4.69, 9.17) is 4.74 Å². The molecule has 0 aromatic carbocycles. The molecule has 1 fully saturated rings. The summed E-state index contributed by atoms with van der Waals surface area (Å²) in [7, 11) is 0. The molecule has 4 heteroatoms. The Kier molecular flexibility index (Phi) is 5.52. The van der Waals surface area contributed by atoms with Crippen molar-refractivity contribution in [2.24, 2.45) is 0 Å². The molecule has 3 nitrogen and oxygen atoms in total. The van der Waals surface area contributed by atoms with Crippen LogP contribution in [0.25, 0.3) is 0 Å². The fraction of sp³-hybridized carbons (Fsp3) is 0.833. The Morgan fingerprint density at radius 3 is 3.00 bits per heavy atom. The van der Waals surface area contributed by atoms with Crippen LogP contribution in [-0.2, 0) is 4.74 Å². The van der Waals surface area contributed by atoms with Crippen LogP contribution >= 0.6 is 11.8 Å². The molecule has 1 saturated heterocycles. The Morgan fingerprint density at radius 1 is 1.38 bits per heavy atom. The van der Waals surface area contributed by atoms with Crippen molar-refractivity contribution in [3.63, 3.8) is 0 Å². The summed E-state index contributed by atoms with van der Waals surface area (Å²) in [4.78, 5) is 2.55. The van der Waals surface area contributed by atoms with Crippen molar-refractivity contribution in [2.75, 3.05) is 44.2 Å². The summed E-state index contributed by atoms with van der Waals surface area (Å²) < 4.78 is 5.51. The molecule has 1 atom stereocenters. The van der Waals surface area contributed by atoms with Crippen molar-refractivity contribution in [3.8, 4) is 0 Å². The molecule has 2 heterocycles. The predicted octanol–water partition coefficient (Wildman–Crippen LogP) is 1.32. The molecular formula is C12H22N2OS. The van der Waals surface area contributed by atoms with Crippen molar-refractivity contribution >= 4 is 11.8 Å². The van der Waals surface area contributed by atoms with Gasteiger partial charge in [-0.15, -0.1) is 0 Å². The van der Waals surface area contributed by atoms with Gasteiger partial charge in [0.2, 0.25) is 0 Å². The maximum atomic E-state index is 5.51. The molecule has 0 radical (unpaired) electrons. The van der Waals surface area contributed by atoms with E-state index in [9.17, 15) is 0 Å². The zero-order valence-corrected chi connectivity index (χ0v) is 10.7. The van der Waals surface area contributed by atoms with Gasteiger partial charge in [0.25, 0.3) is 0 Å². The van der Waals surface area contributed by atoms with Crippen LogP contribution in [0, 0.1) is 0 Å². The third-order valence-electron chi connectivity index (χ3n) is 3.10. The van der Waals surface area contributed by atoms with E-state index in [1.54, 1.807) is 0 Å². The summed E-state index contributed by atoms with van der Waals surface area (Å²) in [6.45, 7) is 5.79. The average molecular weight is 242 g/mol. The molecule has 0 bridgehead atoms. The predicted molar refractivity (Wildman–Crippen MR) is 69.9 cm³/mol. The Bertz CT molecular complexity index is 217. The summed E-state index contributed by atoms with van der Waals surface area (Å²) in [5, 5.41) is 3.50. The monoisotopic (exact) mass is 242 g/mol. The topological polar surface area (TPSA) is 24.5 Å². The zero-order chi connectivity index (χ0) is 11.1. The van der Waals surface area contributed by atoms with Gasteiger partial charge in [-0.1, -0.05) is 0 Å². The second-order valence-electron chi connectivity index (χ2n) is 4.37. The van der Waals surface area contributed by atoms with Gasteiger partial charge in [0.1, 0.15) is 6.10 Å². The summed E-state index contributed by atoms with van der Waals surface area (Å²) >= 11 is 2.07. The first kappa shape index (κ1) is 12.3. The highest BCUT2D eigenvalue weighted by Gasteiger charge is 2.11. The molecule has 0 aromatic heterocycles. The van der Waals surface area contributed by atoms with Crippen LogP contribution in [0.3, 0.4) is 0 Å². The van der Waals surface area contributed by atoms with Crippen LogP contribution < -0.4 is 5.32 Å². The minimum atomic E-state index is 0.391. The Morgan fingerprint density at radius 2 is 2.25 bits per heavy atom.